The first-order valence-electron chi connectivity index (χ1n) is 17.5. The second-order valence-corrected chi connectivity index (χ2v) is 13.1. The molecule has 0 aromatic rings. The molecule has 42 heavy (non-hydrogen) atoms. The van der Waals surface area contributed by atoms with E-state index in [4.69, 9.17) is 15.2 Å². The molecule has 0 spiro atoms. The summed E-state index contributed by atoms with van der Waals surface area (Å²) in [6.07, 6.45) is 27.3. The van der Waals surface area contributed by atoms with Crippen LogP contribution in [0.15, 0.2) is 0 Å². The summed E-state index contributed by atoms with van der Waals surface area (Å²) in [7, 11) is 0. The van der Waals surface area contributed by atoms with Crippen LogP contribution in [0.4, 0.5) is 0 Å². The van der Waals surface area contributed by atoms with Crippen LogP contribution in [0.2, 0.25) is 0 Å². The molecular weight excluding hydrogens is 594 g/mol. The molecule has 0 rings (SSSR count). The standard InChI is InChI=1S/C35H69NO5.BrH/c1-5-7-9-11-13-15-17-19-21-23-25-27-32(38)40-35(29-30-37,31-34(3,4)36)41-33(39)28-26-24-22-20-18-16-14-12-10-8-6-2;/h37H,5-31,36H2,1-4H3;1H. The summed E-state index contributed by atoms with van der Waals surface area (Å²) >= 11 is 0. The van der Waals surface area contributed by atoms with E-state index >= 15 is 0 Å². The first kappa shape index (κ1) is 43.5. The zero-order valence-electron chi connectivity index (χ0n) is 28.2. The van der Waals surface area contributed by atoms with Crippen LogP contribution in [0.25, 0.3) is 0 Å². The Morgan fingerprint density at radius 1 is 0.571 bits per heavy atom. The zero-order valence-corrected chi connectivity index (χ0v) is 29.9. The molecular formula is C35H70BrNO5. The molecule has 3 N–H and O–H groups in total. The number of carbonyl (C=O) groups excluding carboxylic acids is 2. The molecule has 0 bridgehead atoms. The third-order valence-corrected chi connectivity index (χ3v) is 7.79. The molecule has 0 unspecified atom stereocenters. The molecule has 0 aliphatic heterocycles. The van der Waals surface area contributed by atoms with Gasteiger partial charge in [0.1, 0.15) is 0 Å². The highest BCUT2D eigenvalue weighted by Crippen LogP contribution is 2.30. The summed E-state index contributed by atoms with van der Waals surface area (Å²) < 4.78 is 11.6. The monoisotopic (exact) mass is 663 g/mol. The lowest BCUT2D eigenvalue weighted by molar-refractivity contribution is -0.239. The number of halogens is 1. The van der Waals surface area contributed by atoms with Crippen LogP contribution in [0, 0.1) is 0 Å². The summed E-state index contributed by atoms with van der Waals surface area (Å²) in [4.78, 5) is 25.6. The number of aliphatic hydroxyl groups excluding tert-OH is 1. The van der Waals surface area contributed by atoms with Gasteiger partial charge in [-0.2, -0.15) is 0 Å². The number of unbranched alkanes of at least 4 members (excludes halogenated alkanes) is 20. The fourth-order valence-corrected chi connectivity index (χ4v) is 5.53. The molecule has 0 aliphatic rings. The molecule has 0 atom stereocenters. The van der Waals surface area contributed by atoms with E-state index in [0.29, 0.717) is 0 Å². The van der Waals surface area contributed by atoms with Gasteiger partial charge in [0.2, 0.25) is 0 Å². The minimum absolute atomic E-state index is 0. The molecule has 0 aromatic heterocycles. The molecule has 0 radical (unpaired) electrons. The van der Waals surface area contributed by atoms with Gasteiger partial charge in [-0.05, 0) is 26.7 Å². The van der Waals surface area contributed by atoms with Crippen LogP contribution in [0.1, 0.15) is 195 Å². The summed E-state index contributed by atoms with van der Waals surface area (Å²) in [5.41, 5.74) is 5.53. The van der Waals surface area contributed by atoms with Gasteiger partial charge >= 0.3 is 11.9 Å². The minimum Gasteiger partial charge on any atom is -0.422 e. The fraction of sp³-hybridized carbons (Fsp3) is 0.943. The largest absolute Gasteiger partial charge is 0.422 e. The van der Waals surface area contributed by atoms with E-state index in [1.54, 1.807) is 0 Å². The zero-order chi connectivity index (χ0) is 30.7. The van der Waals surface area contributed by atoms with Crippen molar-refractivity contribution in [2.24, 2.45) is 5.73 Å². The lowest BCUT2D eigenvalue weighted by Gasteiger charge is -2.37. The number of hydrogen-bond acceptors (Lipinski definition) is 6. The topological polar surface area (TPSA) is 98.8 Å². The molecule has 0 amide bonds. The Hall–Kier alpha value is -0.660. The van der Waals surface area contributed by atoms with Gasteiger partial charge in [0.25, 0.3) is 5.79 Å². The van der Waals surface area contributed by atoms with Crippen LogP contribution in [0.5, 0.6) is 0 Å². The van der Waals surface area contributed by atoms with Gasteiger partial charge in [-0.25, -0.2) is 0 Å². The number of hydrogen-bond donors (Lipinski definition) is 2. The van der Waals surface area contributed by atoms with Gasteiger partial charge in [-0.3, -0.25) is 9.59 Å². The average molecular weight is 665 g/mol. The Kier molecular flexibility index (Phi) is 30.1. The van der Waals surface area contributed by atoms with Gasteiger partial charge in [-0.1, -0.05) is 142 Å². The fourth-order valence-electron chi connectivity index (χ4n) is 5.53. The molecule has 0 aliphatic carbocycles. The number of esters is 2. The number of rotatable bonds is 30. The molecule has 0 aromatic carbocycles. The van der Waals surface area contributed by atoms with Gasteiger partial charge < -0.3 is 20.3 Å². The number of nitrogens with two attached hydrogens (primary N) is 1. The lowest BCUT2D eigenvalue weighted by Crippen LogP contribution is -2.49. The van der Waals surface area contributed by atoms with Crippen LogP contribution in [-0.2, 0) is 19.1 Å². The highest BCUT2D eigenvalue weighted by atomic mass is 79.9. The van der Waals surface area contributed by atoms with E-state index < -0.39 is 11.3 Å². The third-order valence-electron chi connectivity index (χ3n) is 7.79. The lowest BCUT2D eigenvalue weighted by atomic mass is 9.93. The second kappa shape index (κ2) is 29.1. The average Bonchev–Trinajstić information content (AvgIpc) is 2.89. The highest BCUT2D eigenvalue weighted by molar-refractivity contribution is 8.93. The maximum atomic E-state index is 12.8. The minimum atomic E-state index is -1.52. The van der Waals surface area contributed by atoms with E-state index in [9.17, 15) is 14.7 Å². The Labute approximate surface area is 270 Å². The molecule has 7 heteroatoms. The number of aliphatic hydroxyl groups is 1. The van der Waals surface area contributed by atoms with E-state index in [2.05, 4.69) is 13.8 Å². The van der Waals surface area contributed by atoms with Crippen molar-refractivity contribution in [2.75, 3.05) is 6.61 Å². The maximum absolute atomic E-state index is 12.8. The number of ether oxygens (including phenoxy) is 2. The normalized spacial score (nSPS) is 11.8. The van der Waals surface area contributed by atoms with Crippen molar-refractivity contribution in [2.45, 2.75) is 206 Å². The summed E-state index contributed by atoms with van der Waals surface area (Å²) in [5.74, 6) is -2.29. The van der Waals surface area contributed by atoms with Crippen molar-refractivity contribution in [3.63, 3.8) is 0 Å². The first-order chi connectivity index (χ1) is 19.7. The van der Waals surface area contributed by atoms with Gasteiger partial charge in [-0.15, -0.1) is 17.0 Å². The molecule has 252 valence electrons. The maximum Gasteiger partial charge on any atom is 0.309 e. The Morgan fingerprint density at radius 2 is 0.857 bits per heavy atom. The quantitative estimate of drug-likeness (QED) is 0.0450. The van der Waals surface area contributed by atoms with Crippen LogP contribution >= 0.6 is 17.0 Å². The van der Waals surface area contributed by atoms with E-state index in [-0.39, 0.29) is 61.2 Å². The molecule has 0 heterocycles. The van der Waals surface area contributed by atoms with E-state index in [0.717, 1.165) is 38.5 Å². The highest BCUT2D eigenvalue weighted by Gasteiger charge is 2.42. The van der Waals surface area contributed by atoms with E-state index in [1.165, 1.54) is 103 Å². The van der Waals surface area contributed by atoms with Gasteiger partial charge in [0.15, 0.2) is 0 Å². The summed E-state index contributed by atoms with van der Waals surface area (Å²) in [6.45, 7) is 7.86. The van der Waals surface area contributed by atoms with E-state index in [1.807, 2.05) is 13.8 Å². The smallest absolute Gasteiger partial charge is 0.309 e. The van der Waals surface area contributed by atoms with Crippen molar-refractivity contribution < 1.29 is 24.2 Å². The van der Waals surface area contributed by atoms with Crippen LogP contribution in [0.3, 0.4) is 0 Å². The van der Waals surface area contributed by atoms with Crippen molar-refractivity contribution in [1.29, 1.82) is 0 Å². The predicted molar refractivity (Wildman–Crippen MR) is 182 cm³/mol. The predicted octanol–water partition coefficient (Wildman–Crippen LogP) is 10.3. The summed E-state index contributed by atoms with van der Waals surface area (Å²) in [5, 5.41) is 9.76. The van der Waals surface area contributed by atoms with Crippen molar-refractivity contribution in [3.8, 4) is 0 Å². The Morgan fingerprint density at radius 3 is 1.12 bits per heavy atom. The van der Waals surface area contributed by atoms with Gasteiger partial charge in [0, 0.05) is 31.2 Å². The summed E-state index contributed by atoms with van der Waals surface area (Å²) in [6, 6.07) is 0. The third kappa shape index (κ3) is 28.1. The molecule has 0 fully saturated rings. The number of carbonyl (C=O) groups is 2. The Balaban J connectivity index is 0. The second-order valence-electron chi connectivity index (χ2n) is 13.1. The molecule has 0 saturated carbocycles. The Bertz CT molecular complexity index is 583. The van der Waals surface area contributed by atoms with Gasteiger partial charge in [0.05, 0.1) is 6.61 Å². The van der Waals surface area contributed by atoms with Crippen molar-refractivity contribution in [3.05, 3.63) is 0 Å². The van der Waals surface area contributed by atoms with Crippen molar-refractivity contribution >= 4 is 28.9 Å². The van der Waals surface area contributed by atoms with Crippen LogP contribution in [-0.4, -0.2) is 35.0 Å². The molecule has 0 saturated heterocycles. The van der Waals surface area contributed by atoms with Crippen molar-refractivity contribution in [1.82, 2.24) is 0 Å². The first-order valence-corrected chi connectivity index (χ1v) is 17.5. The SMILES string of the molecule is Br.CCCCCCCCCCCCCC(=O)OC(CCO)(CC(C)(C)N)OC(=O)CCCCCCCCCCCCC. The molecule has 6 nitrogen and oxygen atoms in total. The van der Waals surface area contributed by atoms with Crippen LogP contribution < -0.4 is 5.73 Å².